The number of aryl methyl sites for hydroxylation is 1. The lowest BCUT2D eigenvalue weighted by molar-refractivity contribution is 0.0695. The Morgan fingerprint density at radius 2 is 2.00 bits per heavy atom. The number of hydrogen-bond acceptors (Lipinski definition) is 3. The second-order valence-electron chi connectivity index (χ2n) is 4.22. The van der Waals surface area contributed by atoms with Crippen molar-refractivity contribution in [3.63, 3.8) is 0 Å². The summed E-state index contributed by atoms with van der Waals surface area (Å²) in [5.74, 6) is -2.34. The molecule has 5 nitrogen and oxygen atoms in total. The van der Waals surface area contributed by atoms with Gasteiger partial charge in [-0.3, -0.25) is 4.79 Å². The molecule has 0 atom stereocenters. The van der Waals surface area contributed by atoms with Gasteiger partial charge in [0.2, 0.25) is 0 Å². The molecule has 1 aromatic carbocycles. The van der Waals surface area contributed by atoms with Gasteiger partial charge in [0.15, 0.2) is 0 Å². The van der Waals surface area contributed by atoms with Crippen molar-refractivity contribution in [3.05, 3.63) is 58.1 Å². The minimum atomic E-state index is -1.12. The number of anilines is 1. The third kappa shape index (κ3) is 3.35. The predicted molar refractivity (Wildman–Crippen MR) is 75.3 cm³/mol. The molecule has 0 aliphatic carbocycles. The van der Waals surface area contributed by atoms with Gasteiger partial charge in [-0.15, -0.1) is 0 Å². The molecule has 0 aliphatic heterocycles. The van der Waals surface area contributed by atoms with E-state index in [0.29, 0.717) is 0 Å². The van der Waals surface area contributed by atoms with Crippen LogP contribution in [0.25, 0.3) is 0 Å². The molecular formula is C14H10ClFN2O3. The Morgan fingerprint density at radius 3 is 2.57 bits per heavy atom. The number of carbonyl (C=O) groups is 2. The number of carboxylic acid groups (broad SMARTS) is 1. The van der Waals surface area contributed by atoms with Crippen molar-refractivity contribution in [3.8, 4) is 0 Å². The van der Waals surface area contributed by atoms with E-state index < -0.39 is 17.7 Å². The van der Waals surface area contributed by atoms with Crippen LogP contribution < -0.4 is 5.32 Å². The fourth-order valence-corrected chi connectivity index (χ4v) is 1.80. The number of amides is 1. The highest BCUT2D eigenvalue weighted by molar-refractivity contribution is 6.30. The van der Waals surface area contributed by atoms with E-state index in [-0.39, 0.29) is 27.7 Å². The first-order valence-electron chi connectivity index (χ1n) is 5.86. The van der Waals surface area contributed by atoms with Crippen molar-refractivity contribution >= 4 is 29.2 Å². The van der Waals surface area contributed by atoms with Crippen LogP contribution in [-0.2, 0) is 0 Å². The van der Waals surface area contributed by atoms with Crippen molar-refractivity contribution < 1.29 is 19.1 Å². The molecular weight excluding hydrogens is 299 g/mol. The summed E-state index contributed by atoms with van der Waals surface area (Å²) in [5.41, 5.74) is 0.498. The van der Waals surface area contributed by atoms with Crippen molar-refractivity contribution in [1.82, 2.24) is 4.98 Å². The molecule has 0 radical (unpaired) electrons. The SMILES string of the molecule is Cc1nc(C(=O)Nc2ccc(Cl)c(F)c2)ccc1C(=O)O. The van der Waals surface area contributed by atoms with Gasteiger partial charge in [0.1, 0.15) is 11.5 Å². The van der Waals surface area contributed by atoms with Crippen molar-refractivity contribution in [1.29, 1.82) is 0 Å². The highest BCUT2D eigenvalue weighted by Gasteiger charge is 2.13. The van der Waals surface area contributed by atoms with Crippen molar-refractivity contribution in [2.75, 3.05) is 5.32 Å². The van der Waals surface area contributed by atoms with Crippen LogP contribution >= 0.6 is 11.6 Å². The number of nitrogens with zero attached hydrogens (tertiary/aromatic N) is 1. The molecule has 7 heteroatoms. The van der Waals surface area contributed by atoms with E-state index in [0.717, 1.165) is 6.07 Å². The molecule has 0 unspecified atom stereocenters. The average molecular weight is 309 g/mol. The van der Waals surface area contributed by atoms with Gasteiger partial charge in [-0.05, 0) is 37.3 Å². The molecule has 2 rings (SSSR count). The van der Waals surface area contributed by atoms with Gasteiger partial charge in [-0.2, -0.15) is 0 Å². The molecule has 0 saturated carbocycles. The second-order valence-corrected chi connectivity index (χ2v) is 4.62. The summed E-state index contributed by atoms with van der Waals surface area (Å²) in [5, 5.41) is 11.3. The van der Waals surface area contributed by atoms with E-state index in [9.17, 15) is 14.0 Å². The number of halogens is 2. The minimum Gasteiger partial charge on any atom is -0.478 e. The standard InChI is InChI=1S/C14H10ClFN2O3/c1-7-9(14(20)21)3-5-12(17-7)13(19)18-8-2-4-10(15)11(16)6-8/h2-6H,1H3,(H,18,19)(H,20,21). The summed E-state index contributed by atoms with van der Waals surface area (Å²) >= 11 is 5.55. The zero-order valence-electron chi connectivity index (χ0n) is 10.9. The van der Waals surface area contributed by atoms with Crippen LogP contribution in [0.1, 0.15) is 26.5 Å². The van der Waals surface area contributed by atoms with E-state index in [4.69, 9.17) is 16.7 Å². The van der Waals surface area contributed by atoms with Gasteiger partial charge in [0.05, 0.1) is 16.3 Å². The Bertz CT molecular complexity index is 734. The third-order valence-corrected chi connectivity index (χ3v) is 3.03. The summed E-state index contributed by atoms with van der Waals surface area (Å²) in [6.45, 7) is 1.49. The van der Waals surface area contributed by atoms with Gasteiger partial charge in [-0.25, -0.2) is 14.2 Å². The number of nitrogens with one attached hydrogen (secondary N) is 1. The van der Waals surface area contributed by atoms with Gasteiger partial charge >= 0.3 is 5.97 Å². The van der Waals surface area contributed by atoms with Crippen molar-refractivity contribution in [2.24, 2.45) is 0 Å². The maximum atomic E-state index is 13.3. The van der Waals surface area contributed by atoms with Crippen LogP contribution in [0.3, 0.4) is 0 Å². The van der Waals surface area contributed by atoms with Crippen LogP contribution in [0, 0.1) is 12.7 Å². The fraction of sp³-hybridized carbons (Fsp3) is 0.0714. The smallest absolute Gasteiger partial charge is 0.337 e. The lowest BCUT2D eigenvalue weighted by Crippen LogP contribution is -2.15. The third-order valence-electron chi connectivity index (χ3n) is 2.73. The second kappa shape index (κ2) is 5.88. The number of aromatic carboxylic acids is 1. The Hall–Kier alpha value is -2.47. The molecule has 2 N–H and O–H groups in total. The Balaban J connectivity index is 2.22. The van der Waals surface area contributed by atoms with Crippen LogP contribution in [0.5, 0.6) is 0 Å². The molecule has 0 aliphatic rings. The lowest BCUT2D eigenvalue weighted by Gasteiger charge is -2.07. The number of hydrogen-bond donors (Lipinski definition) is 2. The van der Waals surface area contributed by atoms with Gasteiger partial charge in [-0.1, -0.05) is 11.6 Å². The first-order valence-corrected chi connectivity index (χ1v) is 6.23. The summed E-state index contributed by atoms with van der Waals surface area (Å²) in [4.78, 5) is 26.8. The summed E-state index contributed by atoms with van der Waals surface area (Å²) in [7, 11) is 0. The molecule has 0 saturated heterocycles. The highest BCUT2D eigenvalue weighted by atomic mass is 35.5. The minimum absolute atomic E-state index is 0.0177. The Morgan fingerprint density at radius 1 is 1.29 bits per heavy atom. The number of benzene rings is 1. The first-order chi connectivity index (χ1) is 9.88. The molecule has 1 amide bonds. The van der Waals surface area contributed by atoms with Gasteiger partial charge in [0, 0.05) is 5.69 Å². The number of rotatable bonds is 3. The first kappa shape index (κ1) is 14.9. The predicted octanol–water partition coefficient (Wildman–Crippen LogP) is 3.13. The highest BCUT2D eigenvalue weighted by Crippen LogP contribution is 2.19. The molecule has 21 heavy (non-hydrogen) atoms. The van der Waals surface area contributed by atoms with E-state index >= 15 is 0 Å². The molecule has 108 valence electrons. The summed E-state index contributed by atoms with van der Waals surface area (Å²) in [6, 6.07) is 6.43. The quantitative estimate of drug-likeness (QED) is 0.913. The van der Waals surface area contributed by atoms with E-state index in [1.54, 1.807) is 0 Å². The monoisotopic (exact) mass is 308 g/mol. The van der Waals surface area contributed by atoms with Crippen molar-refractivity contribution in [2.45, 2.75) is 6.92 Å². The zero-order chi connectivity index (χ0) is 15.6. The summed E-state index contributed by atoms with van der Waals surface area (Å²) in [6.07, 6.45) is 0. The number of carbonyl (C=O) groups excluding carboxylic acids is 1. The van der Waals surface area contributed by atoms with E-state index in [1.807, 2.05) is 0 Å². The largest absolute Gasteiger partial charge is 0.478 e. The maximum Gasteiger partial charge on any atom is 0.337 e. The molecule has 0 fully saturated rings. The molecule has 0 spiro atoms. The van der Waals surface area contributed by atoms with Crippen LogP contribution in [0.4, 0.5) is 10.1 Å². The Labute approximate surface area is 124 Å². The number of pyridine rings is 1. The fourth-order valence-electron chi connectivity index (χ4n) is 1.68. The van der Waals surface area contributed by atoms with E-state index in [1.165, 1.54) is 31.2 Å². The summed E-state index contributed by atoms with van der Waals surface area (Å²) < 4.78 is 13.3. The Kier molecular flexibility index (Phi) is 4.18. The average Bonchev–Trinajstić information content (AvgIpc) is 2.42. The topological polar surface area (TPSA) is 79.3 Å². The normalized spacial score (nSPS) is 10.2. The number of carboxylic acids is 1. The van der Waals surface area contributed by atoms with Gasteiger partial charge < -0.3 is 10.4 Å². The molecule has 0 bridgehead atoms. The van der Waals surface area contributed by atoms with Crippen LogP contribution in [-0.4, -0.2) is 22.0 Å². The van der Waals surface area contributed by atoms with Crippen LogP contribution in [0.15, 0.2) is 30.3 Å². The molecule has 2 aromatic rings. The maximum absolute atomic E-state index is 13.3. The van der Waals surface area contributed by atoms with E-state index in [2.05, 4.69) is 10.3 Å². The van der Waals surface area contributed by atoms with Crippen LogP contribution in [0.2, 0.25) is 5.02 Å². The lowest BCUT2D eigenvalue weighted by atomic mass is 10.2. The number of aromatic nitrogens is 1. The molecule has 1 aromatic heterocycles. The molecule has 1 heterocycles. The van der Waals surface area contributed by atoms with Gasteiger partial charge in [0.25, 0.3) is 5.91 Å². The zero-order valence-corrected chi connectivity index (χ0v) is 11.6.